The highest BCUT2D eigenvalue weighted by atomic mass is 19.1. The van der Waals surface area contributed by atoms with Crippen molar-refractivity contribution in [3.8, 4) is 22.6 Å². The number of hydrogen-bond donors (Lipinski definition) is 1. The molecule has 3 aromatic heterocycles. The first kappa shape index (κ1) is 21.9. The van der Waals surface area contributed by atoms with Gasteiger partial charge in [-0.2, -0.15) is 0 Å². The quantitative estimate of drug-likeness (QED) is 0.448. The highest BCUT2D eigenvalue weighted by molar-refractivity contribution is 6.04. The van der Waals surface area contributed by atoms with Crippen molar-refractivity contribution in [2.45, 2.75) is 19.1 Å². The number of aryl methyl sites for hydroxylation is 1. The molecule has 0 aliphatic carbocycles. The molecule has 4 aromatic rings. The molecule has 0 saturated carbocycles. The molecule has 1 N–H and O–H groups in total. The molecule has 10 heteroatoms. The second kappa shape index (κ2) is 8.79. The Bertz CT molecular complexity index is 1340. The monoisotopic (exact) mass is 468 g/mol. The second-order valence-corrected chi connectivity index (χ2v) is 7.87. The summed E-state index contributed by atoms with van der Waals surface area (Å²) in [5.74, 6) is -1.54. The van der Waals surface area contributed by atoms with Gasteiger partial charge in [-0.25, -0.2) is 18.2 Å². The Labute approximate surface area is 192 Å². The summed E-state index contributed by atoms with van der Waals surface area (Å²) in [6.07, 6.45) is 0.968. The number of benzene rings is 1. The highest BCUT2D eigenvalue weighted by Gasteiger charge is 2.36. The first-order valence-corrected chi connectivity index (χ1v) is 10.5. The Morgan fingerprint density at radius 2 is 1.97 bits per heavy atom. The summed E-state index contributed by atoms with van der Waals surface area (Å²) in [6.45, 7) is 1.52. The number of amides is 1. The normalized spacial score (nSPS) is 17.8. The van der Waals surface area contributed by atoms with Crippen molar-refractivity contribution in [1.82, 2.24) is 14.5 Å². The van der Waals surface area contributed by atoms with Crippen LogP contribution in [0, 0.1) is 18.6 Å². The molecule has 0 radical (unpaired) electrons. The van der Waals surface area contributed by atoms with Crippen LogP contribution in [0.4, 0.5) is 19.0 Å². The van der Waals surface area contributed by atoms with Crippen LogP contribution in [0.1, 0.15) is 22.3 Å². The second-order valence-electron chi connectivity index (χ2n) is 7.87. The van der Waals surface area contributed by atoms with E-state index < -0.39 is 29.8 Å². The van der Waals surface area contributed by atoms with Gasteiger partial charge in [0.15, 0.2) is 11.6 Å². The summed E-state index contributed by atoms with van der Waals surface area (Å²) < 4.78 is 55.4. The summed E-state index contributed by atoms with van der Waals surface area (Å²) in [4.78, 5) is 21.5. The number of aromatic nitrogens is 3. The Kier molecular flexibility index (Phi) is 5.66. The fraction of sp³-hybridized carbons (Fsp3) is 0.208. The number of furan rings is 1. The van der Waals surface area contributed by atoms with E-state index in [2.05, 4.69) is 15.3 Å². The smallest absolute Gasteiger partial charge is 0.292 e. The lowest BCUT2D eigenvalue weighted by atomic mass is 10.1. The molecule has 5 rings (SSSR count). The van der Waals surface area contributed by atoms with E-state index in [0.29, 0.717) is 11.3 Å². The van der Waals surface area contributed by atoms with Crippen LogP contribution >= 0.6 is 0 Å². The maximum atomic E-state index is 14.9. The SMILES string of the molecule is Cc1cc(-c2nc(-c3ccc(F)cc3)c(NC(=O)c3ccco3)n2C2COCC2F)c(F)cn1. The van der Waals surface area contributed by atoms with Crippen molar-refractivity contribution >= 4 is 11.7 Å². The molecule has 2 atom stereocenters. The summed E-state index contributed by atoms with van der Waals surface area (Å²) in [5, 5.41) is 2.73. The van der Waals surface area contributed by atoms with Gasteiger partial charge in [-0.3, -0.25) is 9.78 Å². The molecule has 1 amide bonds. The molecule has 2 unspecified atom stereocenters. The fourth-order valence-electron chi connectivity index (χ4n) is 3.92. The average Bonchev–Trinajstić information content (AvgIpc) is 3.57. The molecule has 1 saturated heterocycles. The zero-order valence-electron chi connectivity index (χ0n) is 18.0. The van der Waals surface area contributed by atoms with E-state index >= 15 is 0 Å². The minimum Gasteiger partial charge on any atom is -0.459 e. The van der Waals surface area contributed by atoms with Gasteiger partial charge in [0.1, 0.15) is 29.3 Å². The zero-order valence-corrected chi connectivity index (χ0v) is 18.0. The zero-order chi connectivity index (χ0) is 23.8. The maximum absolute atomic E-state index is 14.9. The number of carbonyl (C=O) groups excluding carboxylic acids is 1. The minimum absolute atomic E-state index is 0.0112. The predicted octanol–water partition coefficient (Wildman–Crippen LogP) is 4.95. The van der Waals surface area contributed by atoms with Crippen LogP contribution in [-0.2, 0) is 4.74 Å². The Morgan fingerprint density at radius 1 is 1.18 bits per heavy atom. The third kappa shape index (κ3) is 3.96. The van der Waals surface area contributed by atoms with E-state index in [0.717, 1.165) is 6.20 Å². The number of pyridine rings is 1. The summed E-state index contributed by atoms with van der Waals surface area (Å²) >= 11 is 0. The summed E-state index contributed by atoms with van der Waals surface area (Å²) in [6, 6.07) is 9.04. The molecule has 1 aliphatic heterocycles. The Hall–Kier alpha value is -3.92. The first-order valence-electron chi connectivity index (χ1n) is 10.5. The van der Waals surface area contributed by atoms with Crippen molar-refractivity contribution in [2.24, 2.45) is 0 Å². The van der Waals surface area contributed by atoms with Crippen molar-refractivity contribution in [1.29, 1.82) is 0 Å². The topological polar surface area (TPSA) is 82.2 Å². The van der Waals surface area contributed by atoms with Crippen LogP contribution in [0.5, 0.6) is 0 Å². The van der Waals surface area contributed by atoms with Crippen LogP contribution in [-0.4, -0.2) is 39.8 Å². The molecule has 0 spiro atoms. The molecule has 1 aromatic carbocycles. The maximum Gasteiger partial charge on any atom is 0.292 e. The lowest BCUT2D eigenvalue weighted by Crippen LogP contribution is -2.24. The highest BCUT2D eigenvalue weighted by Crippen LogP contribution is 2.39. The van der Waals surface area contributed by atoms with E-state index in [-0.39, 0.29) is 41.9 Å². The summed E-state index contributed by atoms with van der Waals surface area (Å²) in [5.41, 5.74) is 1.25. The van der Waals surface area contributed by atoms with E-state index in [4.69, 9.17) is 9.15 Å². The standard InChI is InChI=1S/C24H19F3N4O3/c1-13-9-16(17(26)10-28-13)22-29-21(14-4-6-15(25)7-5-14)23(30-24(32)20-3-2-8-34-20)31(22)19-12-33-11-18(19)27/h2-10,18-19H,11-12H2,1H3,(H,30,32). The van der Waals surface area contributed by atoms with Gasteiger partial charge in [0.2, 0.25) is 0 Å². The van der Waals surface area contributed by atoms with Gasteiger partial charge >= 0.3 is 0 Å². The number of halogens is 3. The summed E-state index contributed by atoms with van der Waals surface area (Å²) in [7, 11) is 0. The largest absolute Gasteiger partial charge is 0.459 e. The molecule has 4 heterocycles. The first-order chi connectivity index (χ1) is 16.4. The van der Waals surface area contributed by atoms with Crippen molar-refractivity contribution < 1.29 is 27.1 Å². The van der Waals surface area contributed by atoms with Crippen LogP contribution in [0.25, 0.3) is 22.6 Å². The number of hydrogen-bond acceptors (Lipinski definition) is 5. The number of imidazole rings is 1. The van der Waals surface area contributed by atoms with Gasteiger partial charge in [0.25, 0.3) is 5.91 Å². The van der Waals surface area contributed by atoms with E-state index in [1.54, 1.807) is 13.0 Å². The van der Waals surface area contributed by atoms with Gasteiger partial charge in [0.05, 0.1) is 37.3 Å². The van der Waals surface area contributed by atoms with Gasteiger partial charge in [-0.1, -0.05) is 0 Å². The van der Waals surface area contributed by atoms with Crippen LogP contribution < -0.4 is 5.32 Å². The molecule has 1 fully saturated rings. The molecule has 34 heavy (non-hydrogen) atoms. The Morgan fingerprint density at radius 3 is 2.65 bits per heavy atom. The van der Waals surface area contributed by atoms with Gasteiger partial charge in [-0.15, -0.1) is 0 Å². The van der Waals surface area contributed by atoms with E-state index in [9.17, 15) is 18.0 Å². The Balaban J connectivity index is 1.76. The molecular weight excluding hydrogens is 449 g/mol. The number of alkyl halides is 1. The predicted molar refractivity (Wildman–Crippen MR) is 117 cm³/mol. The van der Waals surface area contributed by atoms with Crippen LogP contribution in [0.2, 0.25) is 0 Å². The van der Waals surface area contributed by atoms with Crippen molar-refractivity contribution in [2.75, 3.05) is 18.5 Å². The number of carbonyl (C=O) groups is 1. The van der Waals surface area contributed by atoms with E-state index in [1.807, 2.05) is 0 Å². The number of nitrogens with one attached hydrogen (secondary N) is 1. The average molecular weight is 468 g/mol. The molecule has 7 nitrogen and oxygen atoms in total. The number of rotatable bonds is 5. The van der Waals surface area contributed by atoms with E-state index in [1.165, 1.54) is 47.2 Å². The number of ether oxygens (including phenoxy) is 1. The third-order valence-electron chi connectivity index (χ3n) is 5.55. The van der Waals surface area contributed by atoms with Crippen molar-refractivity contribution in [3.63, 3.8) is 0 Å². The number of nitrogens with zero attached hydrogens (tertiary/aromatic N) is 3. The molecule has 1 aliphatic rings. The fourth-order valence-corrected chi connectivity index (χ4v) is 3.92. The molecular formula is C24H19F3N4O3. The van der Waals surface area contributed by atoms with Crippen molar-refractivity contribution in [3.05, 3.63) is 78.0 Å². The van der Waals surface area contributed by atoms with Gasteiger partial charge < -0.3 is 19.0 Å². The van der Waals surface area contributed by atoms with Crippen LogP contribution in [0.3, 0.4) is 0 Å². The molecule has 0 bridgehead atoms. The lowest BCUT2D eigenvalue weighted by Gasteiger charge is -2.20. The third-order valence-corrected chi connectivity index (χ3v) is 5.55. The van der Waals surface area contributed by atoms with Crippen LogP contribution in [0.15, 0.2) is 59.3 Å². The van der Waals surface area contributed by atoms with Gasteiger partial charge in [0, 0.05) is 11.3 Å². The minimum atomic E-state index is -1.43. The van der Waals surface area contributed by atoms with Gasteiger partial charge in [-0.05, 0) is 49.4 Å². The lowest BCUT2D eigenvalue weighted by molar-refractivity contribution is 0.0995. The number of anilines is 1. The molecule has 174 valence electrons.